The number of aromatic nitrogens is 3. The molecule has 11 heavy (non-hydrogen) atoms. The normalized spacial score (nSPS) is 10.4. The van der Waals surface area contributed by atoms with Gasteiger partial charge in [-0.15, -0.1) is 0 Å². The van der Waals surface area contributed by atoms with Crippen LogP contribution in [0.15, 0.2) is 4.79 Å². The van der Waals surface area contributed by atoms with Gasteiger partial charge in [0.1, 0.15) is 6.67 Å². The molecule has 5 nitrogen and oxygen atoms in total. The first-order valence-electron chi connectivity index (χ1n) is 3.10. The van der Waals surface area contributed by atoms with E-state index >= 15 is 0 Å². The van der Waals surface area contributed by atoms with E-state index in [0.717, 1.165) is 4.57 Å². The lowest BCUT2D eigenvalue weighted by atomic mass is 10.6. The molecule has 1 heterocycles. The Labute approximate surface area is 61.5 Å². The Hall–Kier alpha value is -1.17. The summed E-state index contributed by atoms with van der Waals surface area (Å²) in [6.45, 7) is -0.931. The highest BCUT2D eigenvalue weighted by molar-refractivity contribution is 4.82. The molecular weight excluding hydrogens is 153 g/mol. The fourth-order valence-corrected chi connectivity index (χ4v) is 0.783. The van der Waals surface area contributed by atoms with Crippen LogP contribution in [0, 0.1) is 0 Å². The number of hydrogen-bond acceptors (Lipinski definition) is 3. The Bertz CT molecular complexity index is 280. The van der Waals surface area contributed by atoms with Crippen molar-refractivity contribution in [1.29, 1.82) is 0 Å². The number of aliphatic hydroxyl groups is 1. The van der Waals surface area contributed by atoms with Crippen LogP contribution in [0.5, 0.6) is 0 Å². The predicted molar refractivity (Wildman–Crippen MR) is 34.7 cm³/mol. The molecule has 0 aliphatic rings. The number of rotatable bonds is 3. The van der Waals surface area contributed by atoms with Gasteiger partial charge in [-0.1, -0.05) is 0 Å². The summed E-state index contributed by atoms with van der Waals surface area (Å²) in [5.74, 6) is 0.0176. The molecule has 0 aromatic carbocycles. The quantitative estimate of drug-likeness (QED) is 0.599. The van der Waals surface area contributed by atoms with Gasteiger partial charge in [0.15, 0.2) is 5.82 Å². The highest BCUT2D eigenvalue weighted by Gasteiger charge is 2.05. The lowest BCUT2D eigenvalue weighted by Crippen LogP contribution is -2.20. The van der Waals surface area contributed by atoms with Crippen LogP contribution in [0.25, 0.3) is 0 Å². The summed E-state index contributed by atoms with van der Waals surface area (Å²) in [5.41, 5.74) is -0.494. The second-order valence-electron chi connectivity index (χ2n) is 1.95. The zero-order chi connectivity index (χ0) is 8.27. The van der Waals surface area contributed by atoms with Crippen LogP contribution in [0.1, 0.15) is 5.82 Å². The summed E-state index contributed by atoms with van der Waals surface area (Å²) in [6, 6.07) is 0. The Morgan fingerprint density at radius 2 is 2.45 bits per heavy atom. The first-order valence-corrected chi connectivity index (χ1v) is 3.10. The smallest absolute Gasteiger partial charge is 0.343 e. The number of aliphatic hydroxyl groups excluding tert-OH is 1. The maximum atomic E-state index is 12.0. The molecule has 0 amide bonds. The number of H-pyrrole nitrogens is 1. The number of halogens is 1. The molecular formula is C5H8FN3O2. The molecule has 0 aliphatic heterocycles. The molecule has 0 atom stereocenters. The monoisotopic (exact) mass is 161 g/mol. The van der Waals surface area contributed by atoms with Crippen LogP contribution in [0.3, 0.4) is 0 Å². The van der Waals surface area contributed by atoms with E-state index in [1.807, 2.05) is 0 Å². The second kappa shape index (κ2) is 3.29. The van der Waals surface area contributed by atoms with E-state index in [-0.39, 0.29) is 19.0 Å². The van der Waals surface area contributed by atoms with Crippen molar-refractivity contribution in [3.8, 4) is 0 Å². The van der Waals surface area contributed by atoms with Crippen molar-refractivity contribution in [3.63, 3.8) is 0 Å². The van der Waals surface area contributed by atoms with Crippen molar-refractivity contribution in [2.24, 2.45) is 0 Å². The minimum Gasteiger partial charge on any atom is -0.395 e. The third-order valence-corrected chi connectivity index (χ3v) is 1.28. The van der Waals surface area contributed by atoms with E-state index in [9.17, 15) is 9.18 Å². The molecule has 1 aromatic heterocycles. The fraction of sp³-hybridized carbons (Fsp3) is 0.600. The van der Waals surface area contributed by atoms with Crippen molar-refractivity contribution < 1.29 is 9.50 Å². The lowest BCUT2D eigenvalue weighted by molar-refractivity contribution is 0.270. The maximum absolute atomic E-state index is 12.0. The number of alkyl halides is 1. The topological polar surface area (TPSA) is 70.9 Å². The largest absolute Gasteiger partial charge is 0.395 e. The molecule has 2 N–H and O–H groups in total. The summed E-state index contributed by atoms with van der Waals surface area (Å²) in [5, 5.41) is 13.9. The lowest BCUT2D eigenvalue weighted by Gasteiger charge is -1.97. The molecule has 0 saturated heterocycles. The van der Waals surface area contributed by atoms with Gasteiger partial charge in [0, 0.05) is 0 Å². The number of nitrogens with one attached hydrogen (secondary N) is 1. The first kappa shape index (κ1) is 7.93. The molecule has 0 spiro atoms. The average molecular weight is 161 g/mol. The van der Waals surface area contributed by atoms with Gasteiger partial charge in [-0.05, 0) is 0 Å². The molecule has 62 valence electrons. The zero-order valence-electron chi connectivity index (χ0n) is 5.75. The SMILES string of the molecule is O=c1[nH]nc(CF)n1CCO. The standard InChI is InChI=1S/C5H8FN3O2/c6-3-4-7-8-5(11)9(4)1-2-10/h10H,1-3H2,(H,8,11). The van der Waals surface area contributed by atoms with E-state index in [2.05, 4.69) is 10.2 Å². The van der Waals surface area contributed by atoms with Gasteiger partial charge in [-0.2, -0.15) is 5.10 Å². The van der Waals surface area contributed by atoms with E-state index in [0.29, 0.717) is 0 Å². The Balaban J connectivity index is 2.97. The molecule has 0 aliphatic carbocycles. The summed E-state index contributed by atoms with van der Waals surface area (Å²) in [7, 11) is 0. The number of hydrogen-bond donors (Lipinski definition) is 2. The van der Waals surface area contributed by atoms with E-state index in [1.54, 1.807) is 0 Å². The summed E-state index contributed by atoms with van der Waals surface area (Å²) >= 11 is 0. The number of nitrogens with zero attached hydrogens (tertiary/aromatic N) is 2. The van der Waals surface area contributed by atoms with Crippen LogP contribution in [-0.4, -0.2) is 26.5 Å². The molecule has 0 fully saturated rings. The highest BCUT2D eigenvalue weighted by Crippen LogP contribution is 1.91. The van der Waals surface area contributed by atoms with Gasteiger partial charge in [0.25, 0.3) is 0 Å². The Kier molecular flexibility index (Phi) is 2.37. The van der Waals surface area contributed by atoms with Crippen LogP contribution in [0.2, 0.25) is 0 Å². The molecule has 0 unspecified atom stereocenters. The van der Waals surface area contributed by atoms with Gasteiger partial charge in [-0.25, -0.2) is 14.3 Å². The number of aromatic amines is 1. The molecule has 0 saturated carbocycles. The van der Waals surface area contributed by atoms with Crippen LogP contribution in [0.4, 0.5) is 4.39 Å². The third-order valence-electron chi connectivity index (χ3n) is 1.28. The molecule has 0 radical (unpaired) electrons. The maximum Gasteiger partial charge on any atom is 0.343 e. The van der Waals surface area contributed by atoms with E-state index in [4.69, 9.17) is 5.11 Å². The van der Waals surface area contributed by atoms with Crippen LogP contribution in [-0.2, 0) is 13.2 Å². The van der Waals surface area contributed by atoms with Crippen molar-refractivity contribution in [2.75, 3.05) is 6.61 Å². The van der Waals surface area contributed by atoms with Gasteiger partial charge >= 0.3 is 5.69 Å². The van der Waals surface area contributed by atoms with Gasteiger partial charge in [0.05, 0.1) is 13.2 Å². The summed E-state index contributed by atoms with van der Waals surface area (Å²) in [6.07, 6.45) is 0. The average Bonchev–Trinajstić information content (AvgIpc) is 2.34. The Morgan fingerprint density at radius 3 is 3.00 bits per heavy atom. The Morgan fingerprint density at radius 1 is 1.73 bits per heavy atom. The predicted octanol–water partition coefficient (Wildman–Crippen LogP) is -0.967. The van der Waals surface area contributed by atoms with Gasteiger partial charge < -0.3 is 5.11 Å². The van der Waals surface area contributed by atoms with E-state index in [1.165, 1.54) is 0 Å². The van der Waals surface area contributed by atoms with Crippen molar-refractivity contribution in [3.05, 3.63) is 16.3 Å². The minimum atomic E-state index is -0.807. The van der Waals surface area contributed by atoms with Gasteiger partial charge in [0.2, 0.25) is 0 Å². The summed E-state index contributed by atoms with van der Waals surface area (Å²) < 4.78 is 13.1. The second-order valence-corrected chi connectivity index (χ2v) is 1.95. The van der Waals surface area contributed by atoms with Crippen molar-refractivity contribution in [1.82, 2.24) is 14.8 Å². The molecule has 6 heteroatoms. The highest BCUT2D eigenvalue weighted by atomic mass is 19.1. The minimum absolute atomic E-state index is 0.0176. The van der Waals surface area contributed by atoms with Gasteiger partial charge in [-0.3, -0.25) is 4.57 Å². The summed E-state index contributed by atoms with van der Waals surface area (Å²) in [4.78, 5) is 10.8. The molecule has 1 aromatic rings. The fourth-order valence-electron chi connectivity index (χ4n) is 0.783. The molecule has 1 rings (SSSR count). The first-order chi connectivity index (χ1) is 5.29. The van der Waals surface area contributed by atoms with E-state index < -0.39 is 12.4 Å². The van der Waals surface area contributed by atoms with Crippen LogP contribution < -0.4 is 5.69 Å². The van der Waals surface area contributed by atoms with Crippen molar-refractivity contribution in [2.45, 2.75) is 13.2 Å². The van der Waals surface area contributed by atoms with Crippen molar-refractivity contribution >= 4 is 0 Å². The zero-order valence-corrected chi connectivity index (χ0v) is 5.75. The molecule has 0 bridgehead atoms. The third kappa shape index (κ3) is 1.45. The van der Waals surface area contributed by atoms with Crippen LogP contribution >= 0.6 is 0 Å².